The number of hydrogen-bond acceptors (Lipinski definition) is 6. The molecule has 0 aliphatic carbocycles. The lowest BCUT2D eigenvalue weighted by Crippen LogP contribution is -2.13. The number of carbonyl (C=O) groups is 2. The van der Waals surface area contributed by atoms with Crippen molar-refractivity contribution in [2.45, 2.75) is 4.90 Å². The van der Waals surface area contributed by atoms with Crippen LogP contribution in [0.3, 0.4) is 0 Å². The predicted molar refractivity (Wildman–Crippen MR) is 96.8 cm³/mol. The van der Waals surface area contributed by atoms with Crippen molar-refractivity contribution >= 4 is 50.3 Å². The van der Waals surface area contributed by atoms with E-state index in [4.69, 9.17) is 4.74 Å². The smallest absolute Gasteiger partial charge is 0.337 e. The number of thioether (sulfide) groups is 1. The molecule has 0 aliphatic rings. The fourth-order valence-corrected chi connectivity index (χ4v) is 3.68. The summed E-state index contributed by atoms with van der Waals surface area (Å²) >= 11 is 2.80. The minimum Gasteiger partial charge on any atom is -0.465 e. The third-order valence-electron chi connectivity index (χ3n) is 3.17. The van der Waals surface area contributed by atoms with Crippen molar-refractivity contribution in [3.05, 3.63) is 54.1 Å². The predicted octanol–water partition coefficient (Wildman–Crippen LogP) is 3.81. The number of methoxy groups -OCH3 is 1. The number of benzene rings is 2. The lowest BCUT2D eigenvalue weighted by Gasteiger charge is -2.01. The summed E-state index contributed by atoms with van der Waals surface area (Å²) in [7, 11) is 1.34. The molecule has 3 rings (SSSR count). The van der Waals surface area contributed by atoms with Crippen molar-refractivity contribution in [1.82, 2.24) is 4.98 Å². The van der Waals surface area contributed by atoms with Crippen LogP contribution in [0, 0.1) is 0 Å². The first-order chi connectivity index (χ1) is 11.7. The summed E-state index contributed by atoms with van der Waals surface area (Å²) in [5.41, 5.74) is 1.20. The summed E-state index contributed by atoms with van der Waals surface area (Å²) < 4.78 is 5.53. The highest BCUT2D eigenvalue weighted by Crippen LogP contribution is 2.27. The van der Waals surface area contributed by atoms with E-state index in [2.05, 4.69) is 10.3 Å². The Morgan fingerprint density at radius 1 is 1.21 bits per heavy atom. The van der Waals surface area contributed by atoms with Crippen LogP contribution in [0.1, 0.15) is 10.4 Å². The van der Waals surface area contributed by atoms with Crippen LogP contribution in [-0.2, 0) is 9.53 Å². The number of amides is 1. The number of nitrogens with one attached hydrogen (secondary N) is 1. The van der Waals surface area contributed by atoms with Gasteiger partial charge in [0.25, 0.3) is 0 Å². The molecule has 7 heteroatoms. The molecule has 0 saturated carbocycles. The maximum atomic E-state index is 12.0. The van der Waals surface area contributed by atoms with E-state index < -0.39 is 5.97 Å². The second kappa shape index (κ2) is 7.46. The highest BCUT2D eigenvalue weighted by molar-refractivity contribution is 8.00. The molecule has 1 N–H and O–H groups in total. The molecule has 0 aliphatic heterocycles. The van der Waals surface area contributed by atoms with Crippen molar-refractivity contribution in [3.8, 4) is 0 Å². The number of anilines is 1. The van der Waals surface area contributed by atoms with Gasteiger partial charge in [0, 0.05) is 4.90 Å². The summed E-state index contributed by atoms with van der Waals surface area (Å²) in [6.07, 6.45) is 0. The summed E-state index contributed by atoms with van der Waals surface area (Å²) in [5, 5.41) is 3.31. The molecule has 5 nitrogen and oxygen atoms in total. The van der Waals surface area contributed by atoms with E-state index in [9.17, 15) is 9.59 Å². The van der Waals surface area contributed by atoms with E-state index in [0.29, 0.717) is 16.4 Å². The third-order valence-corrected chi connectivity index (χ3v) is 5.11. The second-order valence-electron chi connectivity index (χ2n) is 4.84. The minimum atomic E-state index is -0.393. The number of carbonyl (C=O) groups excluding carboxylic acids is 2. The van der Waals surface area contributed by atoms with Crippen LogP contribution in [0.25, 0.3) is 10.2 Å². The Hall–Kier alpha value is -2.38. The number of thiazole rings is 1. The van der Waals surface area contributed by atoms with E-state index in [1.807, 2.05) is 30.3 Å². The fourth-order valence-electron chi connectivity index (χ4n) is 2.04. The van der Waals surface area contributed by atoms with Crippen LogP contribution in [0.2, 0.25) is 0 Å². The van der Waals surface area contributed by atoms with E-state index in [1.165, 1.54) is 30.2 Å². The van der Waals surface area contributed by atoms with Gasteiger partial charge in [-0.2, -0.15) is 0 Å². The van der Waals surface area contributed by atoms with Crippen LogP contribution in [0.5, 0.6) is 0 Å². The van der Waals surface area contributed by atoms with Gasteiger partial charge in [-0.3, -0.25) is 4.79 Å². The van der Waals surface area contributed by atoms with Gasteiger partial charge in [-0.05, 0) is 30.3 Å². The second-order valence-corrected chi connectivity index (χ2v) is 6.92. The first-order valence-electron chi connectivity index (χ1n) is 7.12. The molecule has 0 spiro atoms. The molecule has 1 heterocycles. The van der Waals surface area contributed by atoms with Gasteiger partial charge in [0.2, 0.25) is 5.91 Å². The van der Waals surface area contributed by atoms with Crippen molar-refractivity contribution in [1.29, 1.82) is 0 Å². The Kier molecular flexibility index (Phi) is 5.12. The van der Waals surface area contributed by atoms with Crippen LogP contribution < -0.4 is 5.32 Å². The van der Waals surface area contributed by atoms with Gasteiger partial charge in [-0.15, -0.1) is 11.8 Å². The van der Waals surface area contributed by atoms with Crippen LogP contribution in [-0.4, -0.2) is 29.7 Å². The summed E-state index contributed by atoms with van der Waals surface area (Å²) in [6, 6.07) is 14.9. The molecule has 0 saturated heterocycles. The number of ether oxygens (including phenoxy) is 1. The lowest BCUT2D eigenvalue weighted by molar-refractivity contribution is -0.113. The molecule has 0 unspecified atom stereocenters. The normalized spacial score (nSPS) is 10.5. The van der Waals surface area contributed by atoms with E-state index in [1.54, 1.807) is 18.2 Å². The Morgan fingerprint density at radius 3 is 2.75 bits per heavy atom. The lowest BCUT2D eigenvalue weighted by atomic mass is 10.2. The Labute approximate surface area is 147 Å². The van der Waals surface area contributed by atoms with Crippen molar-refractivity contribution in [2.24, 2.45) is 0 Å². The molecule has 3 aromatic rings. The van der Waals surface area contributed by atoms with Crippen molar-refractivity contribution in [3.63, 3.8) is 0 Å². The quantitative estimate of drug-likeness (QED) is 0.555. The zero-order valence-electron chi connectivity index (χ0n) is 12.8. The van der Waals surface area contributed by atoms with Gasteiger partial charge < -0.3 is 10.1 Å². The summed E-state index contributed by atoms with van der Waals surface area (Å²) in [6.45, 7) is 0. The topological polar surface area (TPSA) is 68.3 Å². The van der Waals surface area contributed by atoms with E-state index in [0.717, 1.165) is 15.1 Å². The summed E-state index contributed by atoms with van der Waals surface area (Å²) in [4.78, 5) is 29.0. The third kappa shape index (κ3) is 3.93. The molecule has 1 aromatic heterocycles. The first-order valence-corrected chi connectivity index (χ1v) is 8.92. The number of nitrogens with zero attached hydrogens (tertiary/aromatic N) is 1. The van der Waals surface area contributed by atoms with Gasteiger partial charge in [-0.1, -0.05) is 29.5 Å². The van der Waals surface area contributed by atoms with Gasteiger partial charge in [0.05, 0.1) is 28.6 Å². The molecule has 122 valence electrons. The molecular formula is C17H14N2O3S2. The number of fused-ring (bicyclic) bond motifs is 1. The number of aromatic nitrogens is 1. The number of hydrogen-bond donors (Lipinski definition) is 1. The maximum absolute atomic E-state index is 12.0. The van der Waals surface area contributed by atoms with E-state index >= 15 is 0 Å². The van der Waals surface area contributed by atoms with Gasteiger partial charge >= 0.3 is 5.97 Å². The average molecular weight is 358 g/mol. The van der Waals surface area contributed by atoms with Gasteiger partial charge in [0.15, 0.2) is 5.13 Å². The Bertz CT molecular complexity index is 878. The standard InChI is InChI=1S/C17H14N2O3S2/c1-22-16(21)11-7-8-13-14(9-11)24-17(18-13)19-15(20)10-23-12-5-3-2-4-6-12/h2-9H,10H2,1H3,(H,18,19,20). The molecule has 1 amide bonds. The van der Waals surface area contributed by atoms with Crippen LogP contribution >= 0.6 is 23.1 Å². The number of esters is 1. The highest BCUT2D eigenvalue weighted by Gasteiger charge is 2.11. The minimum absolute atomic E-state index is 0.115. The molecule has 0 bridgehead atoms. The molecule has 2 aromatic carbocycles. The Balaban J connectivity index is 1.66. The van der Waals surface area contributed by atoms with Gasteiger partial charge in [0.1, 0.15) is 0 Å². The number of rotatable bonds is 5. The highest BCUT2D eigenvalue weighted by atomic mass is 32.2. The van der Waals surface area contributed by atoms with Crippen molar-refractivity contribution < 1.29 is 14.3 Å². The Morgan fingerprint density at radius 2 is 2.00 bits per heavy atom. The zero-order chi connectivity index (χ0) is 16.9. The first kappa shape index (κ1) is 16.5. The van der Waals surface area contributed by atoms with Gasteiger partial charge in [-0.25, -0.2) is 9.78 Å². The molecule has 0 fully saturated rings. The van der Waals surface area contributed by atoms with Crippen molar-refractivity contribution in [2.75, 3.05) is 18.2 Å². The average Bonchev–Trinajstić information content (AvgIpc) is 3.01. The molecule has 24 heavy (non-hydrogen) atoms. The fraction of sp³-hybridized carbons (Fsp3) is 0.118. The summed E-state index contributed by atoms with van der Waals surface area (Å²) in [5.74, 6) is -0.195. The SMILES string of the molecule is COC(=O)c1ccc2nc(NC(=O)CSc3ccccc3)sc2c1. The zero-order valence-corrected chi connectivity index (χ0v) is 14.4. The molecule has 0 atom stereocenters. The maximum Gasteiger partial charge on any atom is 0.337 e. The van der Waals surface area contributed by atoms with E-state index in [-0.39, 0.29) is 5.91 Å². The largest absolute Gasteiger partial charge is 0.465 e. The molecule has 0 radical (unpaired) electrons. The van der Waals surface area contributed by atoms with Crippen LogP contribution in [0.15, 0.2) is 53.4 Å². The van der Waals surface area contributed by atoms with Crippen LogP contribution in [0.4, 0.5) is 5.13 Å². The monoisotopic (exact) mass is 358 g/mol. The molecular weight excluding hydrogens is 344 g/mol.